The van der Waals surface area contributed by atoms with E-state index in [0.29, 0.717) is 6.42 Å². The van der Waals surface area contributed by atoms with Crippen LogP contribution in [0.15, 0.2) is 78.9 Å². The Balaban J connectivity index is 1.42. The monoisotopic (exact) mass is 660 g/mol. The Morgan fingerprint density at radius 3 is 1.72 bits per heavy atom. The molecule has 8 aromatic carbocycles. The average molecular weight is 661 g/mol. The molecule has 1 aliphatic heterocycles. The molecule has 3 atom stereocenters. The van der Waals surface area contributed by atoms with Gasteiger partial charge in [-0.3, -0.25) is 0 Å². The van der Waals surface area contributed by atoms with Crippen molar-refractivity contribution in [3.8, 4) is 0 Å². The molecule has 3 nitrogen and oxygen atoms in total. The van der Waals surface area contributed by atoms with Gasteiger partial charge in [0.2, 0.25) is 0 Å². The Morgan fingerprint density at radius 1 is 0.560 bits per heavy atom. The van der Waals surface area contributed by atoms with Gasteiger partial charge in [-0.15, -0.1) is 0 Å². The van der Waals surface area contributed by atoms with Gasteiger partial charge in [-0.25, -0.2) is 0 Å². The van der Waals surface area contributed by atoms with Crippen LogP contribution in [0, 0.1) is 0 Å². The maximum atomic E-state index is 10.7. The van der Waals surface area contributed by atoms with Crippen LogP contribution in [-0.4, -0.2) is 29.0 Å². The van der Waals surface area contributed by atoms with E-state index in [1.807, 2.05) is 0 Å². The van der Waals surface area contributed by atoms with Crippen molar-refractivity contribution in [1.82, 2.24) is 0 Å². The highest BCUT2D eigenvalue weighted by Gasteiger charge is 2.35. The second kappa shape index (κ2) is 12.9. The second-order valence-corrected chi connectivity index (χ2v) is 15.1. The first-order valence-corrected chi connectivity index (χ1v) is 19.3. The van der Waals surface area contributed by atoms with E-state index in [4.69, 9.17) is 4.74 Å². The molecule has 0 saturated carbocycles. The molecule has 9 rings (SSSR count). The van der Waals surface area contributed by atoms with E-state index in [1.165, 1.54) is 138 Å². The molecule has 0 radical (unpaired) electrons. The Hall–Kier alpha value is -4.02. The van der Waals surface area contributed by atoms with Crippen LogP contribution in [0.1, 0.15) is 94.4 Å². The second-order valence-electron chi connectivity index (χ2n) is 15.1. The summed E-state index contributed by atoms with van der Waals surface area (Å²) in [6.07, 6.45) is 11.1. The van der Waals surface area contributed by atoms with Gasteiger partial charge in [-0.2, -0.15) is 0 Å². The topological polar surface area (TPSA) is 49.7 Å². The molecule has 1 unspecified atom stereocenters. The normalized spacial score (nSPS) is 18.5. The van der Waals surface area contributed by atoms with E-state index in [9.17, 15) is 10.2 Å². The smallest absolute Gasteiger partial charge is 0.107 e. The number of hydrogen-bond donors (Lipinski definition) is 2. The van der Waals surface area contributed by atoms with Gasteiger partial charge in [0.15, 0.2) is 0 Å². The molecule has 1 heterocycles. The van der Waals surface area contributed by atoms with E-state index in [2.05, 4.69) is 92.7 Å². The first-order valence-electron chi connectivity index (χ1n) is 19.3. The highest BCUT2D eigenvalue weighted by Crippen LogP contribution is 2.51. The molecular formula is C47H48O3. The minimum Gasteiger partial charge on any atom is -0.394 e. The summed E-state index contributed by atoms with van der Waals surface area (Å²) in [6, 6.07) is 30.3. The molecule has 1 saturated heterocycles. The summed E-state index contributed by atoms with van der Waals surface area (Å²) in [5.74, 6) is 0. The number of benzene rings is 8. The minimum atomic E-state index is -0.662. The molecule has 1 fully saturated rings. The van der Waals surface area contributed by atoms with Gasteiger partial charge < -0.3 is 14.9 Å². The molecule has 8 aromatic rings. The molecule has 0 aliphatic carbocycles. The van der Waals surface area contributed by atoms with Crippen LogP contribution < -0.4 is 0 Å². The van der Waals surface area contributed by atoms with Crippen molar-refractivity contribution >= 4 is 75.4 Å². The molecule has 254 valence electrons. The van der Waals surface area contributed by atoms with Gasteiger partial charge >= 0.3 is 0 Å². The van der Waals surface area contributed by atoms with Gasteiger partial charge in [0, 0.05) is 6.42 Å². The van der Waals surface area contributed by atoms with Crippen molar-refractivity contribution < 1.29 is 14.9 Å². The number of aliphatic hydroxyl groups excluding tert-OH is 2. The molecule has 1 aliphatic rings. The highest BCUT2D eigenvalue weighted by atomic mass is 16.5. The average Bonchev–Trinajstić information content (AvgIpc) is 3.53. The lowest BCUT2D eigenvalue weighted by Gasteiger charge is -2.25. The van der Waals surface area contributed by atoms with Crippen molar-refractivity contribution in [1.29, 1.82) is 0 Å². The molecule has 2 N–H and O–H groups in total. The Bertz CT molecular complexity index is 2490. The highest BCUT2D eigenvalue weighted by molar-refractivity contribution is 6.43. The summed E-state index contributed by atoms with van der Waals surface area (Å²) in [6.45, 7) is 4.42. The van der Waals surface area contributed by atoms with Crippen LogP contribution in [0.3, 0.4) is 0 Å². The zero-order valence-corrected chi connectivity index (χ0v) is 29.5. The van der Waals surface area contributed by atoms with Crippen LogP contribution in [0.25, 0.3) is 75.4 Å². The summed E-state index contributed by atoms with van der Waals surface area (Å²) in [4.78, 5) is 0. The van der Waals surface area contributed by atoms with Gasteiger partial charge in [-0.1, -0.05) is 119 Å². The van der Waals surface area contributed by atoms with Crippen molar-refractivity contribution in [3.05, 3.63) is 95.6 Å². The summed E-state index contributed by atoms with van der Waals surface area (Å²) < 4.78 is 6.27. The van der Waals surface area contributed by atoms with E-state index in [1.54, 1.807) is 0 Å². The molecule has 3 heteroatoms. The van der Waals surface area contributed by atoms with E-state index in [-0.39, 0.29) is 12.7 Å². The van der Waals surface area contributed by atoms with Crippen molar-refractivity contribution in [3.63, 3.8) is 0 Å². The van der Waals surface area contributed by atoms with Gasteiger partial charge in [0.1, 0.15) is 6.10 Å². The van der Waals surface area contributed by atoms with Crippen molar-refractivity contribution in [2.75, 3.05) is 6.61 Å². The number of fused-ring (bicyclic) bond motifs is 4. The SMILES string of the molecule is CCCCCCc1cc2c3ccc(C4C[C@H](O)[C@@H](CO)O4)c4cccc(c5c(CCCCCC)cc6c7cccc8cccc(c1c6c25)c87)c43. The van der Waals surface area contributed by atoms with Crippen molar-refractivity contribution in [2.45, 2.75) is 103 Å². The fourth-order valence-corrected chi connectivity index (χ4v) is 9.68. The summed E-state index contributed by atoms with van der Waals surface area (Å²) in [7, 11) is 0. The number of rotatable bonds is 12. The zero-order chi connectivity index (χ0) is 33.9. The lowest BCUT2D eigenvalue weighted by molar-refractivity contribution is -0.0222. The minimum absolute atomic E-state index is 0.168. The third-order valence-electron chi connectivity index (χ3n) is 12.0. The third kappa shape index (κ3) is 4.88. The largest absolute Gasteiger partial charge is 0.394 e. The number of ether oxygens (including phenoxy) is 1. The quantitative estimate of drug-likeness (QED) is 0.0779. The number of aryl methyl sites for hydroxylation is 2. The Morgan fingerprint density at radius 2 is 1.12 bits per heavy atom. The van der Waals surface area contributed by atoms with Crippen LogP contribution >= 0.6 is 0 Å². The fourth-order valence-electron chi connectivity index (χ4n) is 9.68. The third-order valence-corrected chi connectivity index (χ3v) is 12.0. The van der Waals surface area contributed by atoms with Crippen LogP contribution in [0.5, 0.6) is 0 Å². The molecule has 50 heavy (non-hydrogen) atoms. The molecule has 0 spiro atoms. The fraction of sp³-hybridized carbons (Fsp3) is 0.362. The van der Waals surface area contributed by atoms with Crippen LogP contribution in [0.4, 0.5) is 0 Å². The van der Waals surface area contributed by atoms with Gasteiger partial charge in [0.25, 0.3) is 0 Å². The maximum Gasteiger partial charge on any atom is 0.107 e. The van der Waals surface area contributed by atoms with Crippen LogP contribution in [-0.2, 0) is 17.6 Å². The zero-order valence-electron chi connectivity index (χ0n) is 29.5. The van der Waals surface area contributed by atoms with E-state index in [0.717, 1.165) is 18.4 Å². The standard InChI is InChI=1S/C47H48O3/c1-3-5-7-9-14-29-25-38-34-23-22-31(40-26-39(49)41(27-48)50-40)32-19-13-21-36(45(32)34)44-30(15-10-8-6-4-2)24-37-33-18-11-16-28-17-12-20-35(42(28)33)43(29)46(37)47(38)44/h11-13,16-25,39-41,48-49H,3-10,14-15,26-27H2,1-2H3/t39-,40?,41+/m0/s1. The first kappa shape index (κ1) is 31.9. The Labute approximate surface area is 294 Å². The van der Waals surface area contributed by atoms with Gasteiger partial charge in [0.05, 0.1) is 18.8 Å². The summed E-state index contributed by atoms with van der Waals surface area (Å²) >= 11 is 0. The summed E-state index contributed by atoms with van der Waals surface area (Å²) in [5.41, 5.74) is 4.04. The number of hydrogen-bond acceptors (Lipinski definition) is 3. The lowest BCUT2D eigenvalue weighted by Crippen LogP contribution is -2.24. The number of aliphatic hydroxyl groups is 2. The summed E-state index contributed by atoms with van der Waals surface area (Å²) in [5, 5.41) is 39.7. The molecule has 0 aromatic heterocycles. The lowest BCUT2D eigenvalue weighted by atomic mass is 9.79. The van der Waals surface area contributed by atoms with E-state index < -0.39 is 12.2 Å². The Kier molecular flexibility index (Phi) is 8.27. The maximum absolute atomic E-state index is 10.7. The van der Waals surface area contributed by atoms with E-state index >= 15 is 0 Å². The number of unbranched alkanes of at least 4 members (excludes halogenated alkanes) is 6. The molecule has 0 bridgehead atoms. The van der Waals surface area contributed by atoms with Crippen LogP contribution in [0.2, 0.25) is 0 Å². The predicted octanol–water partition coefficient (Wildman–Crippen LogP) is 12.1. The van der Waals surface area contributed by atoms with Crippen molar-refractivity contribution in [2.24, 2.45) is 0 Å². The first-order chi connectivity index (χ1) is 24.6. The van der Waals surface area contributed by atoms with Gasteiger partial charge in [-0.05, 0) is 130 Å². The molecule has 0 amide bonds. The predicted molar refractivity (Wildman–Crippen MR) is 212 cm³/mol. The molecular weight excluding hydrogens is 613 g/mol.